The quantitative estimate of drug-likeness (QED) is 0.824. The highest BCUT2D eigenvalue weighted by molar-refractivity contribution is 5.93. The number of esters is 1. The summed E-state index contributed by atoms with van der Waals surface area (Å²) < 4.78 is 9.95. The van der Waals surface area contributed by atoms with Gasteiger partial charge in [0.05, 0.1) is 11.7 Å². The lowest BCUT2D eigenvalue weighted by atomic mass is 10.1. The van der Waals surface area contributed by atoms with Gasteiger partial charge >= 0.3 is 5.97 Å². The van der Waals surface area contributed by atoms with Crippen LogP contribution in [-0.4, -0.2) is 23.6 Å². The number of aromatic nitrogens is 1. The zero-order chi connectivity index (χ0) is 17.7. The Hall–Kier alpha value is -2.63. The van der Waals surface area contributed by atoms with Crippen molar-refractivity contribution >= 4 is 11.9 Å². The van der Waals surface area contributed by atoms with E-state index in [1.54, 1.807) is 13.8 Å². The monoisotopic (exact) mass is 330 g/mol. The molecule has 24 heavy (non-hydrogen) atoms. The first-order valence-electron chi connectivity index (χ1n) is 7.90. The van der Waals surface area contributed by atoms with Crippen LogP contribution < -0.4 is 5.32 Å². The first kappa shape index (κ1) is 17.7. The van der Waals surface area contributed by atoms with E-state index >= 15 is 0 Å². The van der Waals surface area contributed by atoms with Crippen LogP contribution in [0.1, 0.15) is 52.8 Å². The summed E-state index contributed by atoms with van der Waals surface area (Å²) in [5, 5.41) is 6.50. The van der Waals surface area contributed by atoms with Crippen molar-refractivity contribution in [2.45, 2.75) is 40.2 Å². The first-order valence-corrected chi connectivity index (χ1v) is 7.90. The molecular formula is C18H22N2O4. The number of aryl methyl sites for hydroxylation is 3. The normalized spacial score (nSPS) is 11.8. The van der Waals surface area contributed by atoms with Crippen LogP contribution in [0.5, 0.6) is 0 Å². The van der Waals surface area contributed by atoms with Crippen molar-refractivity contribution in [2.75, 3.05) is 6.61 Å². The summed E-state index contributed by atoms with van der Waals surface area (Å²) >= 11 is 0. The number of nitrogens with one attached hydrogen (secondary N) is 1. The molecule has 1 heterocycles. The fraction of sp³-hybridized carbons (Fsp3) is 0.389. The Labute approximate surface area is 141 Å². The number of amides is 1. The summed E-state index contributed by atoms with van der Waals surface area (Å²) in [6.45, 7) is 6.90. The molecule has 0 bridgehead atoms. The van der Waals surface area contributed by atoms with Crippen molar-refractivity contribution < 1.29 is 18.8 Å². The van der Waals surface area contributed by atoms with Crippen molar-refractivity contribution in [2.24, 2.45) is 0 Å². The average Bonchev–Trinajstić information content (AvgIpc) is 2.91. The molecule has 1 atom stereocenters. The molecule has 0 spiro atoms. The zero-order valence-electron chi connectivity index (χ0n) is 14.4. The Morgan fingerprint density at radius 2 is 1.92 bits per heavy atom. The molecule has 1 aromatic carbocycles. The maximum atomic E-state index is 12.0. The van der Waals surface area contributed by atoms with Crippen LogP contribution in [0.3, 0.4) is 0 Å². The van der Waals surface area contributed by atoms with Gasteiger partial charge in [0.15, 0.2) is 6.61 Å². The predicted molar refractivity (Wildman–Crippen MR) is 88.6 cm³/mol. The number of ether oxygens (including phenoxy) is 1. The molecule has 0 fully saturated rings. The van der Waals surface area contributed by atoms with Gasteiger partial charge in [-0.15, -0.1) is 0 Å². The molecule has 2 rings (SSSR count). The summed E-state index contributed by atoms with van der Waals surface area (Å²) in [4.78, 5) is 23.9. The Bertz CT molecular complexity index is 700. The number of carbonyl (C=O) groups is 2. The van der Waals surface area contributed by atoms with Gasteiger partial charge in [-0.1, -0.05) is 36.3 Å². The second-order valence-corrected chi connectivity index (χ2v) is 5.66. The fourth-order valence-electron chi connectivity index (χ4n) is 2.39. The Morgan fingerprint density at radius 1 is 1.25 bits per heavy atom. The molecular weight excluding hydrogens is 308 g/mol. The van der Waals surface area contributed by atoms with Crippen LogP contribution in [0.4, 0.5) is 0 Å². The van der Waals surface area contributed by atoms with Gasteiger partial charge in [0.2, 0.25) is 0 Å². The highest BCUT2D eigenvalue weighted by atomic mass is 16.5. The molecule has 128 valence electrons. The smallest absolute Gasteiger partial charge is 0.344 e. The maximum absolute atomic E-state index is 12.0. The van der Waals surface area contributed by atoms with Gasteiger partial charge in [-0.25, -0.2) is 4.79 Å². The molecule has 1 N–H and O–H groups in total. The molecule has 0 unspecified atom stereocenters. The SMILES string of the molecule is CCc1ccc([C@H](C)NC(=O)COC(=O)c2c(C)noc2C)cc1. The first-order chi connectivity index (χ1) is 11.4. The average molecular weight is 330 g/mol. The van der Waals surface area contributed by atoms with Crippen molar-refractivity contribution in [3.05, 3.63) is 52.4 Å². The highest BCUT2D eigenvalue weighted by Crippen LogP contribution is 2.15. The minimum atomic E-state index is -0.610. The zero-order valence-corrected chi connectivity index (χ0v) is 14.4. The van der Waals surface area contributed by atoms with E-state index in [9.17, 15) is 9.59 Å². The molecule has 0 saturated carbocycles. The van der Waals surface area contributed by atoms with E-state index in [2.05, 4.69) is 17.4 Å². The van der Waals surface area contributed by atoms with Crippen LogP contribution in [0.25, 0.3) is 0 Å². The number of rotatable bonds is 6. The van der Waals surface area contributed by atoms with Crippen LogP contribution in [0.2, 0.25) is 0 Å². The van der Waals surface area contributed by atoms with Crippen LogP contribution in [0.15, 0.2) is 28.8 Å². The number of benzene rings is 1. The van der Waals surface area contributed by atoms with Gasteiger partial charge in [0, 0.05) is 0 Å². The number of hydrogen-bond donors (Lipinski definition) is 1. The van der Waals surface area contributed by atoms with Crippen LogP contribution in [-0.2, 0) is 16.0 Å². The summed E-state index contributed by atoms with van der Waals surface area (Å²) in [6, 6.07) is 7.88. The van der Waals surface area contributed by atoms with Gasteiger partial charge in [-0.2, -0.15) is 0 Å². The number of hydrogen-bond acceptors (Lipinski definition) is 5. The third kappa shape index (κ3) is 4.22. The highest BCUT2D eigenvalue weighted by Gasteiger charge is 2.20. The lowest BCUT2D eigenvalue weighted by molar-refractivity contribution is -0.124. The predicted octanol–water partition coefficient (Wildman–Crippen LogP) is 2.89. The van der Waals surface area contributed by atoms with Gasteiger partial charge in [-0.3, -0.25) is 4.79 Å². The largest absolute Gasteiger partial charge is 0.452 e. The van der Waals surface area contributed by atoms with Crippen molar-refractivity contribution in [3.8, 4) is 0 Å². The third-order valence-corrected chi connectivity index (χ3v) is 3.84. The second kappa shape index (κ2) is 7.77. The van der Waals surface area contributed by atoms with E-state index in [0.29, 0.717) is 11.5 Å². The molecule has 2 aromatic rings. The molecule has 1 amide bonds. The fourth-order valence-corrected chi connectivity index (χ4v) is 2.39. The minimum absolute atomic E-state index is 0.166. The maximum Gasteiger partial charge on any atom is 0.344 e. The van der Waals surface area contributed by atoms with Crippen molar-refractivity contribution in [3.63, 3.8) is 0 Å². The van der Waals surface area contributed by atoms with Crippen molar-refractivity contribution in [1.82, 2.24) is 10.5 Å². The minimum Gasteiger partial charge on any atom is -0.452 e. The van der Waals surface area contributed by atoms with E-state index in [0.717, 1.165) is 12.0 Å². The Balaban J connectivity index is 1.87. The standard InChI is InChI=1S/C18H22N2O4/c1-5-14-6-8-15(9-7-14)11(2)19-16(21)10-23-18(22)17-12(3)20-24-13(17)4/h6-9,11H,5,10H2,1-4H3,(H,19,21)/t11-/m0/s1. The Kier molecular flexibility index (Phi) is 5.73. The summed E-state index contributed by atoms with van der Waals surface area (Å²) in [5.74, 6) is -0.592. The molecule has 0 aliphatic rings. The summed E-state index contributed by atoms with van der Waals surface area (Å²) in [7, 11) is 0. The van der Waals surface area contributed by atoms with Crippen LogP contribution >= 0.6 is 0 Å². The van der Waals surface area contributed by atoms with Gasteiger partial charge in [-0.05, 0) is 38.3 Å². The molecule has 1 aromatic heterocycles. The lowest BCUT2D eigenvalue weighted by Gasteiger charge is -2.15. The Morgan fingerprint density at radius 3 is 2.46 bits per heavy atom. The molecule has 6 nitrogen and oxygen atoms in total. The van der Waals surface area contributed by atoms with Crippen molar-refractivity contribution in [1.29, 1.82) is 0 Å². The van der Waals surface area contributed by atoms with Gasteiger partial charge in [0.25, 0.3) is 5.91 Å². The topological polar surface area (TPSA) is 81.4 Å². The molecule has 0 saturated heterocycles. The second-order valence-electron chi connectivity index (χ2n) is 5.66. The van der Waals surface area contributed by atoms with Gasteiger partial charge in [0.1, 0.15) is 11.3 Å². The van der Waals surface area contributed by atoms with Crippen LogP contribution in [0, 0.1) is 13.8 Å². The van der Waals surface area contributed by atoms with E-state index in [-0.39, 0.29) is 24.1 Å². The lowest BCUT2D eigenvalue weighted by Crippen LogP contribution is -2.31. The van der Waals surface area contributed by atoms with E-state index in [1.807, 2.05) is 31.2 Å². The molecule has 0 radical (unpaired) electrons. The van der Waals surface area contributed by atoms with Gasteiger partial charge < -0.3 is 14.6 Å². The molecule has 6 heteroatoms. The molecule has 0 aliphatic carbocycles. The third-order valence-electron chi connectivity index (χ3n) is 3.84. The van der Waals surface area contributed by atoms with E-state index in [1.165, 1.54) is 5.56 Å². The summed E-state index contributed by atoms with van der Waals surface area (Å²) in [5.41, 5.74) is 2.96. The summed E-state index contributed by atoms with van der Waals surface area (Å²) in [6.07, 6.45) is 0.971. The van der Waals surface area contributed by atoms with E-state index < -0.39 is 5.97 Å². The van der Waals surface area contributed by atoms with E-state index in [4.69, 9.17) is 9.26 Å². The number of nitrogens with zero attached hydrogens (tertiary/aromatic N) is 1. The number of carbonyl (C=O) groups excluding carboxylic acids is 2. The molecule has 0 aliphatic heterocycles.